The van der Waals surface area contributed by atoms with Gasteiger partial charge in [0, 0.05) is 31.6 Å². The summed E-state index contributed by atoms with van der Waals surface area (Å²) in [6.07, 6.45) is 0.522. The third-order valence-electron chi connectivity index (χ3n) is 5.16. The Bertz CT molecular complexity index is 1130. The Kier molecular flexibility index (Phi) is 4.97. The maximum Gasteiger partial charge on any atom is 0.410 e. The fraction of sp³-hybridized carbons (Fsp3) is 0.429. The van der Waals surface area contributed by atoms with E-state index in [1.54, 1.807) is 4.90 Å². The zero-order valence-electron chi connectivity index (χ0n) is 17.6. The molecule has 1 saturated heterocycles. The van der Waals surface area contributed by atoms with E-state index in [-0.39, 0.29) is 17.8 Å². The number of anilines is 1. The number of aromatic amines is 2. The number of amides is 1. The first-order chi connectivity index (χ1) is 14.2. The van der Waals surface area contributed by atoms with Crippen molar-refractivity contribution in [2.24, 2.45) is 0 Å². The summed E-state index contributed by atoms with van der Waals surface area (Å²) in [6, 6.07) is 9.96. The minimum Gasteiger partial charge on any atom is -0.444 e. The van der Waals surface area contributed by atoms with Crippen LogP contribution in [0.1, 0.15) is 27.2 Å². The van der Waals surface area contributed by atoms with Crippen molar-refractivity contribution in [1.82, 2.24) is 25.1 Å². The van der Waals surface area contributed by atoms with Crippen molar-refractivity contribution in [3.8, 4) is 11.5 Å². The lowest BCUT2D eigenvalue weighted by Crippen LogP contribution is -2.39. The van der Waals surface area contributed by atoms with E-state index < -0.39 is 5.60 Å². The predicted molar refractivity (Wildman–Crippen MR) is 115 cm³/mol. The number of hydrogen-bond donors (Lipinski definition) is 2. The molecule has 0 aliphatic carbocycles. The minimum absolute atomic E-state index is 0.0990. The molecule has 0 saturated carbocycles. The first-order valence-corrected chi connectivity index (χ1v) is 9.97. The van der Waals surface area contributed by atoms with Gasteiger partial charge in [-0.25, -0.2) is 19.7 Å². The van der Waals surface area contributed by atoms with Crippen LogP contribution < -0.4 is 10.6 Å². The first kappa shape index (κ1) is 19.9. The highest BCUT2D eigenvalue weighted by atomic mass is 16.6. The number of likely N-dealkylation sites (tertiary alicyclic amines) is 1. The van der Waals surface area contributed by atoms with E-state index in [0.717, 1.165) is 23.0 Å². The molecule has 1 unspecified atom stereocenters. The standard InChI is InChI=1S/C21H26N6O3/c1-21(2,3)30-20(29)27-10-9-14(12-27)26(4)18-15-8-6-5-7-13(15)11-16(22-18)17-23-19(28)25-24-17/h5-8,11,14H,9-10,12H2,1-4H3,(H2,23,24,25,28). The zero-order chi connectivity index (χ0) is 21.5. The molecule has 1 aliphatic heterocycles. The molecule has 158 valence electrons. The predicted octanol–water partition coefficient (Wildman–Crippen LogP) is 2.76. The van der Waals surface area contributed by atoms with Gasteiger partial charge >= 0.3 is 11.8 Å². The van der Waals surface area contributed by atoms with Gasteiger partial charge in [0.05, 0.1) is 0 Å². The van der Waals surface area contributed by atoms with Crippen LogP contribution in [0.15, 0.2) is 35.1 Å². The summed E-state index contributed by atoms with van der Waals surface area (Å²) in [4.78, 5) is 35.2. The maximum atomic E-state index is 12.4. The number of rotatable bonds is 3. The van der Waals surface area contributed by atoms with Gasteiger partial charge < -0.3 is 14.5 Å². The normalized spacial score (nSPS) is 16.8. The number of pyridine rings is 1. The number of carbonyl (C=O) groups is 1. The number of aromatic nitrogens is 4. The van der Waals surface area contributed by atoms with E-state index >= 15 is 0 Å². The molecule has 1 aromatic carbocycles. The van der Waals surface area contributed by atoms with Crippen molar-refractivity contribution in [3.63, 3.8) is 0 Å². The summed E-state index contributed by atoms with van der Waals surface area (Å²) in [5.41, 5.74) is -0.317. The number of fused-ring (bicyclic) bond motifs is 1. The number of ether oxygens (including phenoxy) is 1. The molecular weight excluding hydrogens is 384 g/mol. The molecule has 2 N–H and O–H groups in total. The molecule has 4 rings (SSSR count). The molecule has 9 nitrogen and oxygen atoms in total. The van der Waals surface area contributed by atoms with Gasteiger partial charge in [0.1, 0.15) is 17.1 Å². The van der Waals surface area contributed by atoms with Crippen LogP contribution in [-0.4, -0.2) is 62.9 Å². The smallest absolute Gasteiger partial charge is 0.410 e. The SMILES string of the molecule is CN(c1nc(-c2n[nH]c(=O)[nH]2)cc2ccccc12)C1CCN(C(=O)OC(C)(C)C)C1. The van der Waals surface area contributed by atoms with E-state index in [2.05, 4.69) is 20.1 Å². The lowest BCUT2D eigenvalue weighted by Gasteiger charge is -2.28. The highest BCUT2D eigenvalue weighted by molar-refractivity contribution is 5.94. The van der Waals surface area contributed by atoms with Crippen molar-refractivity contribution in [1.29, 1.82) is 0 Å². The molecule has 0 bridgehead atoms. The number of hydrogen-bond acceptors (Lipinski definition) is 6. The number of nitrogens with one attached hydrogen (secondary N) is 2. The zero-order valence-corrected chi connectivity index (χ0v) is 17.6. The molecule has 1 atom stereocenters. The number of benzene rings is 1. The molecule has 1 amide bonds. The fourth-order valence-corrected chi connectivity index (χ4v) is 3.69. The average molecular weight is 410 g/mol. The summed E-state index contributed by atoms with van der Waals surface area (Å²) >= 11 is 0. The topological polar surface area (TPSA) is 107 Å². The van der Waals surface area contributed by atoms with Gasteiger partial charge in [-0.15, -0.1) is 0 Å². The molecular formula is C21H26N6O3. The summed E-state index contributed by atoms with van der Waals surface area (Å²) in [5, 5.41) is 8.39. The van der Waals surface area contributed by atoms with E-state index in [4.69, 9.17) is 9.72 Å². The summed E-state index contributed by atoms with van der Waals surface area (Å²) in [5.74, 6) is 1.17. The number of H-pyrrole nitrogens is 2. The van der Waals surface area contributed by atoms with E-state index in [9.17, 15) is 9.59 Å². The van der Waals surface area contributed by atoms with Crippen LogP contribution in [0.3, 0.4) is 0 Å². The molecule has 3 heterocycles. The van der Waals surface area contributed by atoms with Gasteiger partial charge in [0.2, 0.25) is 0 Å². The van der Waals surface area contributed by atoms with Gasteiger partial charge in [0.25, 0.3) is 0 Å². The highest BCUT2D eigenvalue weighted by Crippen LogP contribution is 2.31. The van der Waals surface area contributed by atoms with Crippen LogP contribution in [0, 0.1) is 0 Å². The molecule has 9 heteroatoms. The molecule has 3 aromatic rings. The van der Waals surface area contributed by atoms with Gasteiger partial charge in [0.15, 0.2) is 5.82 Å². The summed E-state index contributed by atoms with van der Waals surface area (Å²) in [7, 11) is 1.98. The Morgan fingerprint density at radius 2 is 2.07 bits per heavy atom. The minimum atomic E-state index is -0.520. The monoisotopic (exact) mass is 410 g/mol. The molecule has 1 aliphatic rings. The number of carbonyl (C=O) groups excluding carboxylic acids is 1. The Morgan fingerprint density at radius 1 is 1.30 bits per heavy atom. The Morgan fingerprint density at radius 3 is 2.77 bits per heavy atom. The second-order valence-electron chi connectivity index (χ2n) is 8.56. The second kappa shape index (κ2) is 7.47. The van der Waals surface area contributed by atoms with Crippen LogP contribution >= 0.6 is 0 Å². The van der Waals surface area contributed by atoms with Crippen LogP contribution in [0.25, 0.3) is 22.3 Å². The van der Waals surface area contributed by atoms with Gasteiger partial charge in [-0.2, -0.15) is 5.10 Å². The third-order valence-corrected chi connectivity index (χ3v) is 5.16. The fourth-order valence-electron chi connectivity index (χ4n) is 3.69. The highest BCUT2D eigenvalue weighted by Gasteiger charge is 2.32. The summed E-state index contributed by atoms with van der Waals surface area (Å²) < 4.78 is 5.51. The van der Waals surface area contributed by atoms with Gasteiger partial charge in [-0.1, -0.05) is 24.3 Å². The van der Waals surface area contributed by atoms with Crippen LogP contribution in [-0.2, 0) is 4.74 Å². The van der Waals surface area contributed by atoms with E-state index in [1.807, 2.05) is 58.2 Å². The Hall–Kier alpha value is -3.36. The van der Waals surface area contributed by atoms with Crippen molar-refractivity contribution in [2.45, 2.75) is 38.8 Å². The molecule has 2 aromatic heterocycles. The first-order valence-electron chi connectivity index (χ1n) is 9.97. The van der Waals surface area contributed by atoms with Crippen LogP contribution in [0.2, 0.25) is 0 Å². The van der Waals surface area contributed by atoms with Gasteiger partial charge in [-0.3, -0.25) is 4.98 Å². The van der Waals surface area contributed by atoms with E-state index in [0.29, 0.717) is 24.6 Å². The lowest BCUT2D eigenvalue weighted by atomic mass is 10.1. The van der Waals surface area contributed by atoms with Crippen molar-refractivity contribution in [3.05, 3.63) is 40.8 Å². The number of nitrogens with zero attached hydrogens (tertiary/aromatic N) is 4. The molecule has 0 spiro atoms. The largest absolute Gasteiger partial charge is 0.444 e. The molecule has 0 radical (unpaired) electrons. The molecule has 30 heavy (non-hydrogen) atoms. The lowest BCUT2D eigenvalue weighted by molar-refractivity contribution is 0.0292. The summed E-state index contributed by atoms with van der Waals surface area (Å²) in [6.45, 7) is 6.79. The maximum absolute atomic E-state index is 12.4. The number of likely N-dealkylation sites (N-methyl/N-ethyl adjacent to an activating group) is 1. The van der Waals surface area contributed by atoms with Crippen molar-refractivity contribution >= 4 is 22.7 Å². The van der Waals surface area contributed by atoms with Crippen LogP contribution in [0.4, 0.5) is 10.6 Å². The van der Waals surface area contributed by atoms with Crippen LogP contribution in [0.5, 0.6) is 0 Å². The Balaban J connectivity index is 1.64. The molecule has 1 fully saturated rings. The Labute approximate surface area is 174 Å². The van der Waals surface area contributed by atoms with E-state index in [1.165, 1.54) is 0 Å². The van der Waals surface area contributed by atoms with Crippen molar-refractivity contribution in [2.75, 3.05) is 25.0 Å². The van der Waals surface area contributed by atoms with Crippen molar-refractivity contribution < 1.29 is 9.53 Å². The third kappa shape index (κ3) is 4.00. The quantitative estimate of drug-likeness (QED) is 0.688. The second-order valence-corrected chi connectivity index (χ2v) is 8.56. The van der Waals surface area contributed by atoms with Gasteiger partial charge in [-0.05, 0) is 38.6 Å². The average Bonchev–Trinajstić information content (AvgIpc) is 3.35.